The van der Waals surface area contributed by atoms with Gasteiger partial charge in [0.15, 0.2) is 0 Å². The third-order valence-corrected chi connectivity index (χ3v) is 5.05. The van der Waals surface area contributed by atoms with Crippen LogP contribution in [-0.2, 0) is 0 Å². The Balaban J connectivity index is 2.24. The van der Waals surface area contributed by atoms with Crippen molar-refractivity contribution in [1.29, 1.82) is 0 Å². The molecule has 3 rings (SSSR count). The van der Waals surface area contributed by atoms with Crippen molar-refractivity contribution in [3.8, 4) is 5.75 Å². The summed E-state index contributed by atoms with van der Waals surface area (Å²) in [5, 5.41) is 24.7. The summed E-state index contributed by atoms with van der Waals surface area (Å²) >= 11 is 3.52. The molecule has 3 nitrogen and oxygen atoms in total. The number of fused-ring (bicyclic) bond motifs is 1. The number of aromatic hydroxyl groups is 1. The summed E-state index contributed by atoms with van der Waals surface area (Å²) in [5.74, 6) is 0.645. The van der Waals surface area contributed by atoms with Gasteiger partial charge in [0.2, 0.25) is 0 Å². The van der Waals surface area contributed by atoms with Gasteiger partial charge >= 0.3 is 0 Å². The molecule has 2 aromatic rings. The van der Waals surface area contributed by atoms with E-state index in [-0.39, 0.29) is 5.75 Å². The fourth-order valence-corrected chi connectivity index (χ4v) is 3.96. The maximum Gasteiger partial charge on any atom is 0.128 e. The van der Waals surface area contributed by atoms with Crippen LogP contribution in [-0.4, -0.2) is 16.5 Å². The zero-order valence-corrected chi connectivity index (χ0v) is 13.3. The topological polar surface area (TPSA) is 52.8 Å². The monoisotopic (exact) mass is 347 g/mol. The van der Waals surface area contributed by atoms with E-state index in [2.05, 4.69) is 27.2 Å². The molecule has 0 atom stereocenters. The quantitative estimate of drug-likeness (QED) is 0.447. The molecule has 0 aromatic heterocycles. The van der Waals surface area contributed by atoms with Crippen molar-refractivity contribution in [3.63, 3.8) is 0 Å². The zero-order chi connectivity index (χ0) is 14.8. The second kappa shape index (κ2) is 6.06. The lowest BCUT2D eigenvalue weighted by molar-refractivity contribution is 0.321. The molecule has 0 aliphatic heterocycles. The highest BCUT2D eigenvalue weighted by atomic mass is 79.9. The molecule has 1 aliphatic carbocycles. The Kier molecular flexibility index (Phi) is 4.15. The van der Waals surface area contributed by atoms with Crippen molar-refractivity contribution in [3.05, 3.63) is 39.9 Å². The predicted molar refractivity (Wildman–Crippen MR) is 88.5 cm³/mol. The largest absolute Gasteiger partial charge is 0.507 e. The number of phenolic OH excluding ortho intramolecular Hbond substituents is 1. The van der Waals surface area contributed by atoms with Crippen LogP contribution < -0.4 is 0 Å². The molecule has 0 saturated heterocycles. The minimum Gasteiger partial charge on any atom is -0.507 e. The van der Waals surface area contributed by atoms with Gasteiger partial charge in [-0.15, -0.1) is 0 Å². The van der Waals surface area contributed by atoms with E-state index in [4.69, 9.17) is 5.21 Å². The van der Waals surface area contributed by atoms with Crippen LogP contribution in [0.2, 0.25) is 0 Å². The molecule has 2 N–H and O–H groups in total. The summed E-state index contributed by atoms with van der Waals surface area (Å²) in [6.45, 7) is 0. The average molecular weight is 348 g/mol. The predicted octanol–water partition coefficient (Wildman–Crippen LogP) is 5.16. The number of phenols is 1. The van der Waals surface area contributed by atoms with E-state index in [1.54, 1.807) is 0 Å². The highest BCUT2D eigenvalue weighted by Gasteiger charge is 2.22. The summed E-state index contributed by atoms with van der Waals surface area (Å²) < 4.78 is 0.889. The highest BCUT2D eigenvalue weighted by Crippen LogP contribution is 2.42. The number of halogens is 1. The number of rotatable bonds is 2. The van der Waals surface area contributed by atoms with Gasteiger partial charge < -0.3 is 10.3 Å². The van der Waals surface area contributed by atoms with Crippen LogP contribution in [0.4, 0.5) is 0 Å². The second-order valence-corrected chi connectivity index (χ2v) is 6.50. The molecular weight excluding hydrogens is 330 g/mol. The molecule has 0 amide bonds. The first-order valence-corrected chi connectivity index (χ1v) is 8.13. The number of nitrogens with zero attached hydrogens (tertiary/aromatic N) is 1. The third-order valence-electron chi connectivity index (χ3n) is 4.39. The van der Waals surface area contributed by atoms with E-state index < -0.39 is 0 Å². The minimum atomic E-state index is 0.249. The second-order valence-electron chi connectivity index (χ2n) is 5.65. The molecule has 0 heterocycles. The van der Waals surface area contributed by atoms with Gasteiger partial charge in [-0.05, 0) is 41.8 Å². The van der Waals surface area contributed by atoms with Crippen molar-refractivity contribution >= 4 is 32.9 Å². The standard InChI is InChI=1S/C17H18BrNO2/c18-15-8-4-7-12-9-13(11-5-2-1-3-6-11)17(20)14(10-19-21)16(12)15/h4,7-11,20-21H,1-3,5-6H2/b19-10+. The SMILES string of the molecule is O/N=C/c1c(O)c(C2CCCCC2)cc2cccc(Br)c12. The molecular formula is C17H18BrNO2. The summed E-state index contributed by atoms with van der Waals surface area (Å²) in [7, 11) is 0. The van der Waals surface area contributed by atoms with Gasteiger partial charge in [0.25, 0.3) is 0 Å². The number of hydrogen-bond acceptors (Lipinski definition) is 3. The summed E-state index contributed by atoms with van der Waals surface area (Å²) in [4.78, 5) is 0. The van der Waals surface area contributed by atoms with Crippen LogP contribution in [0.25, 0.3) is 10.8 Å². The fourth-order valence-electron chi connectivity index (χ4n) is 3.36. The smallest absolute Gasteiger partial charge is 0.128 e. The third kappa shape index (κ3) is 2.64. The summed E-state index contributed by atoms with van der Waals surface area (Å²) in [5.41, 5.74) is 1.57. The van der Waals surface area contributed by atoms with Gasteiger partial charge in [0, 0.05) is 15.4 Å². The van der Waals surface area contributed by atoms with Crippen molar-refractivity contribution in [2.24, 2.45) is 5.16 Å². The van der Waals surface area contributed by atoms with Gasteiger partial charge in [-0.1, -0.05) is 52.5 Å². The van der Waals surface area contributed by atoms with Crippen molar-refractivity contribution in [2.75, 3.05) is 0 Å². The first-order chi connectivity index (χ1) is 10.2. The number of benzene rings is 2. The zero-order valence-electron chi connectivity index (χ0n) is 11.7. The van der Waals surface area contributed by atoms with E-state index in [1.165, 1.54) is 25.5 Å². The Morgan fingerprint density at radius 3 is 2.67 bits per heavy atom. The van der Waals surface area contributed by atoms with Crippen LogP contribution in [0.3, 0.4) is 0 Å². The number of oxime groups is 1. The molecule has 1 aliphatic rings. The molecule has 110 valence electrons. The fraction of sp³-hybridized carbons (Fsp3) is 0.353. The lowest BCUT2D eigenvalue weighted by atomic mass is 9.82. The lowest BCUT2D eigenvalue weighted by Gasteiger charge is -2.24. The molecule has 0 radical (unpaired) electrons. The average Bonchev–Trinajstić information content (AvgIpc) is 2.51. The summed E-state index contributed by atoms with van der Waals surface area (Å²) in [6, 6.07) is 8.02. The van der Waals surface area contributed by atoms with Crippen molar-refractivity contribution in [2.45, 2.75) is 38.0 Å². The molecule has 0 spiro atoms. The van der Waals surface area contributed by atoms with Crippen molar-refractivity contribution < 1.29 is 10.3 Å². The van der Waals surface area contributed by atoms with Gasteiger partial charge in [0.1, 0.15) is 5.75 Å². The highest BCUT2D eigenvalue weighted by molar-refractivity contribution is 9.10. The van der Waals surface area contributed by atoms with Crippen molar-refractivity contribution in [1.82, 2.24) is 0 Å². The van der Waals surface area contributed by atoms with E-state index in [0.29, 0.717) is 11.5 Å². The minimum absolute atomic E-state index is 0.249. The maximum atomic E-state index is 10.7. The Bertz CT molecular complexity index is 691. The van der Waals surface area contributed by atoms with E-state index >= 15 is 0 Å². The van der Waals surface area contributed by atoms with E-state index in [9.17, 15) is 5.11 Å². The van der Waals surface area contributed by atoms with E-state index in [0.717, 1.165) is 33.7 Å². The first-order valence-electron chi connectivity index (χ1n) is 7.34. The van der Waals surface area contributed by atoms with Gasteiger partial charge in [-0.2, -0.15) is 0 Å². The maximum absolute atomic E-state index is 10.7. The van der Waals surface area contributed by atoms with Gasteiger partial charge in [-0.3, -0.25) is 0 Å². The summed E-state index contributed by atoms with van der Waals surface area (Å²) in [6.07, 6.45) is 7.26. The Morgan fingerprint density at radius 1 is 1.19 bits per heavy atom. The first kappa shape index (κ1) is 14.4. The van der Waals surface area contributed by atoms with Gasteiger partial charge in [0.05, 0.1) is 6.21 Å². The number of hydrogen-bond donors (Lipinski definition) is 2. The van der Waals surface area contributed by atoms with Crippen LogP contribution in [0, 0.1) is 0 Å². The molecule has 1 saturated carbocycles. The Morgan fingerprint density at radius 2 is 1.95 bits per heavy atom. The molecule has 1 fully saturated rings. The van der Waals surface area contributed by atoms with Gasteiger partial charge in [-0.25, -0.2) is 0 Å². The molecule has 2 aromatic carbocycles. The molecule has 21 heavy (non-hydrogen) atoms. The Labute approximate surface area is 132 Å². The van der Waals surface area contributed by atoms with Crippen LogP contribution >= 0.6 is 15.9 Å². The van der Waals surface area contributed by atoms with E-state index in [1.807, 2.05) is 18.2 Å². The van der Waals surface area contributed by atoms with Crippen LogP contribution in [0.1, 0.15) is 49.1 Å². The van der Waals surface area contributed by atoms with Crippen LogP contribution in [0.15, 0.2) is 33.9 Å². The van der Waals surface area contributed by atoms with Crippen LogP contribution in [0.5, 0.6) is 5.75 Å². The Hall–Kier alpha value is -1.55. The normalized spacial score (nSPS) is 16.8. The lowest BCUT2D eigenvalue weighted by Crippen LogP contribution is -2.06. The molecule has 0 unspecified atom stereocenters. The molecule has 4 heteroatoms. The molecule has 0 bridgehead atoms.